The van der Waals surface area contributed by atoms with Crippen LogP contribution in [0, 0.1) is 0 Å². The average Bonchev–Trinajstić information content (AvgIpc) is 2.49. The van der Waals surface area contributed by atoms with Crippen LogP contribution in [-0.4, -0.2) is 22.2 Å². The van der Waals surface area contributed by atoms with Gasteiger partial charge in [-0.2, -0.15) is 26.3 Å². The summed E-state index contributed by atoms with van der Waals surface area (Å²) in [5.41, 5.74) is -3.62. The summed E-state index contributed by atoms with van der Waals surface area (Å²) < 4.78 is 77.3. The molecule has 1 amide bonds. The van der Waals surface area contributed by atoms with Gasteiger partial charge in [0.2, 0.25) is 5.91 Å². The van der Waals surface area contributed by atoms with Gasteiger partial charge in [-0.1, -0.05) is 0 Å². The molecule has 1 aliphatic rings. The van der Waals surface area contributed by atoms with Crippen LogP contribution in [0.3, 0.4) is 0 Å². The molecule has 2 rings (SSSR count). The number of nitrogens with one attached hydrogen (secondary N) is 1. The van der Waals surface area contributed by atoms with Crippen molar-refractivity contribution in [1.82, 2.24) is 0 Å². The predicted octanol–water partition coefficient (Wildman–Crippen LogP) is 5.72. The van der Waals surface area contributed by atoms with Crippen molar-refractivity contribution in [3.63, 3.8) is 0 Å². The molecule has 0 saturated heterocycles. The van der Waals surface area contributed by atoms with Crippen molar-refractivity contribution in [2.75, 3.05) is 11.1 Å². The molecule has 11 heteroatoms. The molecule has 0 aliphatic carbocycles. The van der Waals surface area contributed by atoms with E-state index in [9.17, 15) is 35.9 Å². The lowest BCUT2D eigenvalue weighted by Gasteiger charge is -2.27. The Morgan fingerprint density at radius 3 is 2.11 bits per heavy atom. The molecule has 0 fully saturated rings. The maximum absolute atomic E-state index is 12.8. The normalized spacial score (nSPS) is 17.3. The highest BCUT2D eigenvalue weighted by Crippen LogP contribution is 2.44. The second kappa shape index (κ2) is 8.02. The van der Waals surface area contributed by atoms with Crippen LogP contribution in [0.25, 0.3) is 0 Å². The van der Waals surface area contributed by atoms with Gasteiger partial charge in [0, 0.05) is 27.2 Å². The zero-order chi connectivity index (χ0) is 21.3. The first-order valence-electron chi connectivity index (χ1n) is 7.81. The number of benzene rings is 1. The molecule has 154 valence electrons. The van der Waals surface area contributed by atoms with Crippen molar-refractivity contribution in [1.29, 1.82) is 0 Å². The zero-order valence-electron chi connectivity index (χ0n) is 14.6. The monoisotopic (exact) mass is 443 g/mol. The largest absolute Gasteiger partial charge is 0.416 e. The molecule has 3 nitrogen and oxygen atoms in total. The van der Waals surface area contributed by atoms with E-state index in [-0.39, 0.29) is 22.3 Å². The van der Waals surface area contributed by atoms with E-state index in [2.05, 4.69) is 5.32 Å². The number of ketones is 1. The Labute approximate surface area is 165 Å². The molecule has 28 heavy (non-hydrogen) atoms. The molecular formula is C17H15F6NO2S2. The van der Waals surface area contributed by atoms with Gasteiger partial charge in [0.15, 0.2) is 5.78 Å². The number of halogens is 6. The van der Waals surface area contributed by atoms with Crippen molar-refractivity contribution >= 4 is 40.9 Å². The van der Waals surface area contributed by atoms with Crippen molar-refractivity contribution in [2.24, 2.45) is 0 Å². The number of anilines is 1. The lowest BCUT2D eigenvalue weighted by molar-refractivity contribution is -0.143. The molecule has 1 aliphatic heterocycles. The minimum Gasteiger partial charge on any atom is -0.325 e. The Hall–Kier alpha value is -1.62. The number of alkyl halides is 6. The maximum Gasteiger partial charge on any atom is 0.416 e. The Morgan fingerprint density at radius 2 is 1.64 bits per heavy atom. The number of hydrogen-bond donors (Lipinski definition) is 1. The van der Waals surface area contributed by atoms with Gasteiger partial charge in [-0.3, -0.25) is 9.59 Å². The van der Waals surface area contributed by atoms with E-state index in [1.807, 2.05) is 13.8 Å². The Bertz CT molecular complexity index is 783. The van der Waals surface area contributed by atoms with Crippen molar-refractivity contribution in [2.45, 2.75) is 37.4 Å². The first-order valence-corrected chi connectivity index (χ1v) is 9.62. The number of carbonyl (C=O) groups excluding carboxylic acids is 2. The molecular weight excluding hydrogens is 428 g/mol. The molecule has 1 aromatic rings. The van der Waals surface area contributed by atoms with Crippen molar-refractivity contribution in [3.05, 3.63) is 39.6 Å². The fourth-order valence-electron chi connectivity index (χ4n) is 2.37. The van der Waals surface area contributed by atoms with Crippen LogP contribution in [0.1, 0.15) is 31.4 Å². The molecule has 1 N–H and O–H groups in total. The standard InChI is InChI=1S/C17H15F6NO2S2/c1-15(2)7-12(25)6-14(28-15)27-8-13(26)24-11-4-9(16(18,19)20)3-10(5-11)17(21,22)23/h3-6H,7-8H2,1-2H3,(H,24,26). The summed E-state index contributed by atoms with van der Waals surface area (Å²) in [5, 5.41) is 2.06. The van der Waals surface area contributed by atoms with Crippen LogP contribution in [0.15, 0.2) is 28.5 Å². The van der Waals surface area contributed by atoms with E-state index < -0.39 is 35.1 Å². The van der Waals surface area contributed by atoms with Gasteiger partial charge in [0.05, 0.1) is 16.9 Å². The predicted molar refractivity (Wildman–Crippen MR) is 96.9 cm³/mol. The SMILES string of the molecule is CC1(C)CC(=O)C=C(SCC(=O)Nc2cc(C(F)(F)F)cc(C(F)(F)F)c2)S1. The summed E-state index contributed by atoms with van der Waals surface area (Å²) in [5.74, 6) is -1.16. The Balaban J connectivity index is 2.12. The maximum atomic E-state index is 12.8. The summed E-state index contributed by atoms with van der Waals surface area (Å²) in [6.07, 6.45) is -8.28. The summed E-state index contributed by atoms with van der Waals surface area (Å²) in [6, 6.07) is 0.875. The molecule has 0 spiro atoms. The minimum absolute atomic E-state index is 0.0123. The second-order valence-corrected chi connectivity index (χ2v) is 9.62. The van der Waals surface area contributed by atoms with E-state index in [0.29, 0.717) is 22.8 Å². The smallest absolute Gasteiger partial charge is 0.325 e. The van der Waals surface area contributed by atoms with Crippen molar-refractivity contribution in [3.8, 4) is 0 Å². The highest BCUT2D eigenvalue weighted by Gasteiger charge is 2.37. The highest BCUT2D eigenvalue weighted by atomic mass is 32.2. The lowest BCUT2D eigenvalue weighted by atomic mass is 10.1. The van der Waals surface area contributed by atoms with Gasteiger partial charge < -0.3 is 5.32 Å². The average molecular weight is 443 g/mol. The quantitative estimate of drug-likeness (QED) is 0.605. The number of amides is 1. The van der Waals surface area contributed by atoms with Gasteiger partial charge in [0.25, 0.3) is 0 Å². The summed E-state index contributed by atoms with van der Waals surface area (Å²) >= 11 is 2.38. The zero-order valence-corrected chi connectivity index (χ0v) is 16.3. The molecule has 0 atom stereocenters. The van der Waals surface area contributed by atoms with E-state index >= 15 is 0 Å². The number of allylic oxidation sites excluding steroid dienone is 1. The van der Waals surface area contributed by atoms with Crippen LogP contribution >= 0.6 is 23.5 Å². The molecule has 0 unspecified atom stereocenters. The topological polar surface area (TPSA) is 46.2 Å². The summed E-state index contributed by atoms with van der Waals surface area (Å²) in [7, 11) is 0. The highest BCUT2D eigenvalue weighted by molar-refractivity contribution is 8.23. The Kier molecular flexibility index (Phi) is 6.49. The van der Waals surface area contributed by atoms with Crippen LogP contribution in [0.4, 0.5) is 32.0 Å². The first kappa shape index (κ1) is 22.7. The summed E-state index contributed by atoms with van der Waals surface area (Å²) in [6.45, 7) is 3.70. The van der Waals surface area contributed by atoms with E-state index in [4.69, 9.17) is 0 Å². The van der Waals surface area contributed by atoms with Gasteiger partial charge in [-0.25, -0.2) is 0 Å². The fraction of sp³-hybridized carbons (Fsp3) is 0.412. The minimum atomic E-state index is -5.00. The molecule has 0 radical (unpaired) electrons. The van der Waals surface area contributed by atoms with Crippen molar-refractivity contribution < 1.29 is 35.9 Å². The lowest BCUT2D eigenvalue weighted by Crippen LogP contribution is -2.23. The van der Waals surface area contributed by atoms with E-state index in [0.717, 1.165) is 11.8 Å². The number of hydrogen-bond acceptors (Lipinski definition) is 4. The van der Waals surface area contributed by atoms with Crippen LogP contribution < -0.4 is 5.32 Å². The number of rotatable bonds is 4. The van der Waals surface area contributed by atoms with Gasteiger partial charge in [-0.15, -0.1) is 23.5 Å². The fourth-order valence-corrected chi connectivity index (χ4v) is 4.97. The number of carbonyl (C=O) groups is 2. The number of thioether (sulfide) groups is 2. The first-order chi connectivity index (χ1) is 12.7. The Morgan fingerprint density at radius 1 is 1.11 bits per heavy atom. The second-order valence-electron chi connectivity index (χ2n) is 6.60. The molecule has 0 aromatic heterocycles. The third-order valence-electron chi connectivity index (χ3n) is 3.47. The molecule has 0 saturated carbocycles. The third kappa shape index (κ3) is 6.47. The molecule has 1 heterocycles. The van der Waals surface area contributed by atoms with E-state index in [1.54, 1.807) is 0 Å². The van der Waals surface area contributed by atoms with Crippen LogP contribution in [0.2, 0.25) is 0 Å². The van der Waals surface area contributed by atoms with E-state index in [1.165, 1.54) is 17.8 Å². The van der Waals surface area contributed by atoms with Crippen LogP contribution in [-0.2, 0) is 21.9 Å². The summed E-state index contributed by atoms with van der Waals surface area (Å²) in [4.78, 5) is 23.7. The van der Waals surface area contributed by atoms with Gasteiger partial charge >= 0.3 is 12.4 Å². The molecule has 0 bridgehead atoms. The van der Waals surface area contributed by atoms with Gasteiger partial charge in [-0.05, 0) is 32.0 Å². The molecule has 1 aromatic carbocycles. The van der Waals surface area contributed by atoms with Gasteiger partial charge in [0.1, 0.15) is 0 Å². The third-order valence-corrected chi connectivity index (χ3v) is 5.90. The van der Waals surface area contributed by atoms with Crippen LogP contribution in [0.5, 0.6) is 0 Å².